The minimum Gasteiger partial charge on any atom is -0.497 e. The van der Waals surface area contributed by atoms with E-state index in [9.17, 15) is 4.79 Å². The van der Waals surface area contributed by atoms with Crippen molar-refractivity contribution in [1.82, 2.24) is 14.8 Å². The normalized spacial score (nSPS) is 17.0. The molecule has 0 radical (unpaired) electrons. The lowest BCUT2D eigenvalue weighted by atomic mass is 9.93. The predicted octanol–water partition coefficient (Wildman–Crippen LogP) is 5.74. The largest absolute Gasteiger partial charge is 0.497 e. The molecule has 2 heterocycles. The second kappa shape index (κ2) is 10.0. The summed E-state index contributed by atoms with van der Waals surface area (Å²) in [7, 11) is 1.62. The van der Waals surface area contributed by atoms with E-state index in [1.165, 1.54) is 6.08 Å². The molecule has 1 amide bonds. The van der Waals surface area contributed by atoms with E-state index >= 15 is 0 Å². The number of halogens is 1. The molecule has 1 aliphatic heterocycles. The molecule has 8 heteroatoms. The molecule has 7 nitrogen and oxygen atoms in total. The summed E-state index contributed by atoms with van der Waals surface area (Å²) in [6.07, 6.45) is 3.96. The Hall–Kier alpha value is -4.10. The van der Waals surface area contributed by atoms with Crippen LogP contribution >= 0.6 is 11.6 Å². The van der Waals surface area contributed by atoms with Crippen LogP contribution in [0.15, 0.2) is 84.9 Å². The zero-order valence-electron chi connectivity index (χ0n) is 19.1. The molecule has 176 valence electrons. The maximum Gasteiger partial charge on any atom is 0.250 e. The molecule has 1 aliphatic rings. The summed E-state index contributed by atoms with van der Waals surface area (Å²) in [6, 6.07) is 25.4. The van der Waals surface area contributed by atoms with Gasteiger partial charge >= 0.3 is 0 Å². The molecule has 5 rings (SSSR count). The van der Waals surface area contributed by atoms with Crippen LogP contribution in [0.3, 0.4) is 0 Å². The second-order valence-electron chi connectivity index (χ2n) is 8.21. The molecule has 0 spiro atoms. The Morgan fingerprint density at radius 1 is 1.06 bits per heavy atom. The SMILES string of the molecule is COc1ccc(/C=C/C(=O)Nc2nc3n(n2)[C@H](c2ccccc2)C[C@H](c2ccc(Cl)cc2)N3)cc1. The number of fused-ring (bicyclic) bond motifs is 1. The van der Waals surface area contributed by atoms with Crippen LogP contribution in [0.2, 0.25) is 5.02 Å². The van der Waals surface area contributed by atoms with Crippen molar-refractivity contribution in [2.24, 2.45) is 0 Å². The van der Waals surface area contributed by atoms with Gasteiger partial charge in [-0.1, -0.05) is 66.2 Å². The minimum absolute atomic E-state index is 0.0210. The van der Waals surface area contributed by atoms with E-state index < -0.39 is 0 Å². The van der Waals surface area contributed by atoms with E-state index in [1.807, 2.05) is 71.4 Å². The first-order chi connectivity index (χ1) is 17.1. The number of nitrogens with zero attached hydrogens (tertiary/aromatic N) is 3. The zero-order valence-corrected chi connectivity index (χ0v) is 19.8. The fraction of sp³-hybridized carbons (Fsp3) is 0.148. The Bertz CT molecular complexity index is 1330. The number of amides is 1. The minimum atomic E-state index is -0.311. The Kier molecular flexibility index (Phi) is 6.50. The van der Waals surface area contributed by atoms with Gasteiger partial charge in [0.15, 0.2) is 0 Å². The zero-order chi connectivity index (χ0) is 24.2. The van der Waals surface area contributed by atoms with Crippen molar-refractivity contribution < 1.29 is 9.53 Å². The smallest absolute Gasteiger partial charge is 0.250 e. The van der Waals surface area contributed by atoms with Gasteiger partial charge in [0.05, 0.1) is 19.2 Å². The Balaban J connectivity index is 1.37. The van der Waals surface area contributed by atoms with Crippen LogP contribution < -0.4 is 15.4 Å². The topological polar surface area (TPSA) is 81.1 Å². The standard InChI is InChI=1S/C27H24ClN5O2/c1-35-22-14-7-18(8-15-22)9-16-25(34)30-26-31-27-29-23(19-10-12-21(28)13-11-19)17-24(33(27)32-26)20-5-3-2-4-6-20/h2-16,23-24H,17H2,1H3,(H2,29,30,31,32,34)/b16-9+/t23-,24+/m1/s1. The van der Waals surface area contributed by atoms with Crippen molar-refractivity contribution in [2.45, 2.75) is 18.5 Å². The molecule has 3 aromatic carbocycles. The van der Waals surface area contributed by atoms with E-state index in [0.717, 1.165) is 28.9 Å². The Morgan fingerprint density at radius 2 is 1.80 bits per heavy atom. The van der Waals surface area contributed by atoms with Crippen LogP contribution in [-0.4, -0.2) is 27.8 Å². The van der Waals surface area contributed by atoms with Gasteiger partial charge in [0.1, 0.15) is 5.75 Å². The van der Waals surface area contributed by atoms with Gasteiger partial charge in [-0.2, -0.15) is 4.98 Å². The van der Waals surface area contributed by atoms with Gasteiger partial charge < -0.3 is 10.1 Å². The fourth-order valence-electron chi connectivity index (χ4n) is 4.14. The predicted molar refractivity (Wildman–Crippen MR) is 138 cm³/mol. The number of anilines is 2. The number of carbonyl (C=O) groups excluding carboxylic acids is 1. The molecule has 2 atom stereocenters. The highest BCUT2D eigenvalue weighted by Gasteiger charge is 2.31. The second-order valence-corrected chi connectivity index (χ2v) is 8.65. The monoisotopic (exact) mass is 485 g/mol. The number of benzene rings is 3. The highest BCUT2D eigenvalue weighted by Crippen LogP contribution is 2.38. The number of nitrogens with one attached hydrogen (secondary N) is 2. The van der Waals surface area contributed by atoms with Crippen molar-refractivity contribution >= 4 is 35.5 Å². The van der Waals surface area contributed by atoms with E-state index in [0.29, 0.717) is 11.0 Å². The number of methoxy groups -OCH3 is 1. The number of aromatic nitrogens is 3. The third-order valence-electron chi connectivity index (χ3n) is 5.92. The van der Waals surface area contributed by atoms with Crippen LogP contribution in [0.5, 0.6) is 5.75 Å². The lowest BCUT2D eigenvalue weighted by Crippen LogP contribution is -2.28. The number of hydrogen-bond donors (Lipinski definition) is 2. The number of rotatable bonds is 6. The van der Waals surface area contributed by atoms with E-state index in [4.69, 9.17) is 16.3 Å². The average molecular weight is 486 g/mol. The van der Waals surface area contributed by atoms with Gasteiger partial charge in [0.2, 0.25) is 5.95 Å². The van der Waals surface area contributed by atoms with Crippen molar-refractivity contribution in [2.75, 3.05) is 17.7 Å². The van der Waals surface area contributed by atoms with Crippen LogP contribution in [0, 0.1) is 0 Å². The summed E-state index contributed by atoms with van der Waals surface area (Å²) in [5, 5.41) is 11.5. The Labute approximate surface area is 208 Å². The maximum atomic E-state index is 12.5. The van der Waals surface area contributed by atoms with E-state index in [1.54, 1.807) is 13.2 Å². The first-order valence-corrected chi connectivity index (χ1v) is 11.6. The summed E-state index contributed by atoms with van der Waals surface area (Å²) in [5.41, 5.74) is 3.11. The summed E-state index contributed by atoms with van der Waals surface area (Å²) < 4.78 is 7.00. The molecule has 35 heavy (non-hydrogen) atoms. The van der Waals surface area contributed by atoms with Crippen LogP contribution in [0.4, 0.5) is 11.9 Å². The lowest BCUT2D eigenvalue weighted by molar-refractivity contribution is -0.111. The lowest BCUT2D eigenvalue weighted by Gasteiger charge is -2.31. The molecule has 0 saturated heterocycles. The molecule has 0 fully saturated rings. The van der Waals surface area contributed by atoms with Crippen molar-refractivity contribution in [3.05, 3.63) is 107 Å². The molecule has 2 N–H and O–H groups in total. The van der Waals surface area contributed by atoms with E-state index in [2.05, 4.69) is 32.8 Å². The van der Waals surface area contributed by atoms with Gasteiger partial charge in [-0.15, -0.1) is 5.10 Å². The molecule has 0 saturated carbocycles. The summed E-state index contributed by atoms with van der Waals surface area (Å²) in [6.45, 7) is 0. The van der Waals surface area contributed by atoms with Gasteiger partial charge in [-0.05, 0) is 53.5 Å². The first kappa shape index (κ1) is 22.7. The molecule has 4 aromatic rings. The molecule has 0 bridgehead atoms. The fourth-order valence-corrected chi connectivity index (χ4v) is 4.26. The van der Waals surface area contributed by atoms with Crippen molar-refractivity contribution in [3.8, 4) is 5.75 Å². The van der Waals surface area contributed by atoms with Crippen molar-refractivity contribution in [3.63, 3.8) is 0 Å². The number of ether oxygens (including phenoxy) is 1. The molecular formula is C27H24ClN5O2. The number of hydrogen-bond acceptors (Lipinski definition) is 5. The van der Waals surface area contributed by atoms with Gasteiger partial charge in [0.25, 0.3) is 11.9 Å². The highest BCUT2D eigenvalue weighted by molar-refractivity contribution is 6.30. The van der Waals surface area contributed by atoms with E-state index in [-0.39, 0.29) is 23.9 Å². The Morgan fingerprint density at radius 3 is 2.51 bits per heavy atom. The molecule has 0 aliphatic carbocycles. The summed E-state index contributed by atoms with van der Waals surface area (Å²) >= 11 is 6.09. The molecule has 0 unspecified atom stereocenters. The average Bonchev–Trinajstić information content (AvgIpc) is 3.30. The highest BCUT2D eigenvalue weighted by atomic mass is 35.5. The molecular weight excluding hydrogens is 462 g/mol. The van der Waals surface area contributed by atoms with Gasteiger partial charge in [-0.25, -0.2) is 4.68 Å². The van der Waals surface area contributed by atoms with Crippen LogP contribution in [0.25, 0.3) is 6.08 Å². The quantitative estimate of drug-likeness (QED) is 0.340. The molecule has 1 aromatic heterocycles. The van der Waals surface area contributed by atoms with Crippen LogP contribution in [0.1, 0.15) is 35.2 Å². The maximum absolute atomic E-state index is 12.5. The number of carbonyl (C=O) groups is 1. The van der Waals surface area contributed by atoms with Gasteiger partial charge in [-0.3, -0.25) is 10.1 Å². The van der Waals surface area contributed by atoms with Crippen molar-refractivity contribution in [1.29, 1.82) is 0 Å². The first-order valence-electron chi connectivity index (χ1n) is 11.3. The third kappa shape index (κ3) is 5.20. The summed E-state index contributed by atoms with van der Waals surface area (Å²) in [4.78, 5) is 17.1. The van der Waals surface area contributed by atoms with Crippen LogP contribution in [-0.2, 0) is 4.79 Å². The summed E-state index contributed by atoms with van der Waals surface area (Å²) in [5.74, 6) is 1.29. The third-order valence-corrected chi connectivity index (χ3v) is 6.18. The van der Waals surface area contributed by atoms with Gasteiger partial charge in [0, 0.05) is 11.1 Å².